The third kappa shape index (κ3) is 2.96. The fourth-order valence-corrected chi connectivity index (χ4v) is 2.48. The molecule has 1 aliphatic heterocycles. The van der Waals surface area contributed by atoms with E-state index in [1.165, 1.54) is 13.5 Å². The monoisotopic (exact) mass is 265 g/mol. The molecule has 2 rings (SSSR count). The van der Waals surface area contributed by atoms with E-state index in [9.17, 15) is 10.1 Å². The van der Waals surface area contributed by atoms with Crippen molar-refractivity contribution in [3.63, 3.8) is 0 Å². The molecule has 1 heterocycles. The Morgan fingerprint density at radius 3 is 2.95 bits per heavy atom. The number of benzene rings is 1. The molecule has 1 aromatic rings. The lowest BCUT2D eigenvalue weighted by molar-refractivity contribution is -0.384. The summed E-state index contributed by atoms with van der Waals surface area (Å²) in [7, 11) is 3.52. The van der Waals surface area contributed by atoms with Crippen molar-refractivity contribution in [2.75, 3.05) is 32.6 Å². The summed E-state index contributed by atoms with van der Waals surface area (Å²) in [5.41, 5.74) is 0.523. The van der Waals surface area contributed by atoms with Crippen LogP contribution in [-0.4, -0.2) is 43.1 Å². The standard InChI is InChI=1S/C13H19N3O3/c1-15-8-4-5-10(15)9-14-11-6-3-7-12(19-2)13(11)16(17)18/h3,6-7,10,14H,4-5,8-9H2,1-2H3. The smallest absolute Gasteiger partial charge is 0.333 e. The summed E-state index contributed by atoms with van der Waals surface area (Å²) in [4.78, 5) is 13.0. The van der Waals surface area contributed by atoms with Gasteiger partial charge < -0.3 is 15.0 Å². The Bertz CT molecular complexity index is 464. The van der Waals surface area contributed by atoms with Gasteiger partial charge in [-0.25, -0.2) is 0 Å². The van der Waals surface area contributed by atoms with Crippen molar-refractivity contribution >= 4 is 11.4 Å². The molecule has 0 spiro atoms. The summed E-state index contributed by atoms with van der Waals surface area (Å²) in [5.74, 6) is 0.287. The fourth-order valence-electron chi connectivity index (χ4n) is 2.48. The first-order valence-corrected chi connectivity index (χ1v) is 6.39. The second-order valence-electron chi connectivity index (χ2n) is 4.77. The van der Waals surface area contributed by atoms with Crippen LogP contribution in [0.2, 0.25) is 0 Å². The van der Waals surface area contributed by atoms with Crippen LogP contribution >= 0.6 is 0 Å². The highest BCUT2D eigenvalue weighted by Gasteiger charge is 2.24. The Kier molecular flexibility index (Phi) is 4.21. The van der Waals surface area contributed by atoms with Gasteiger partial charge in [0.1, 0.15) is 5.69 Å². The Hall–Kier alpha value is -1.82. The van der Waals surface area contributed by atoms with Crippen LogP contribution in [0.15, 0.2) is 18.2 Å². The molecule has 1 aromatic carbocycles. The summed E-state index contributed by atoms with van der Waals surface area (Å²) >= 11 is 0. The van der Waals surface area contributed by atoms with Gasteiger partial charge in [0.05, 0.1) is 12.0 Å². The minimum absolute atomic E-state index is 0.00523. The van der Waals surface area contributed by atoms with Gasteiger partial charge in [-0.2, -0.15) is 0 Å². The minimum Gasteiger partial charge on any atom is -0.490 e. The van der Waals surface area contributed by atoms with Crippen molar-refractivity contribution in [1.29, 1.82) is 0 Å². The first-order chi connectivity index (χ1) is 9.13. The topological polar surface area (TPSA) is 67.6 Å². The maximum absolute atomic E-state index is 11.1. The van der Waals surface area contributed by atoms with Crippen LogP contribution < -0.4 is 10.1 Å². The summed E-state index contributed by atoms with van der Waals surface area (Å²) in [6, 6.07) is 5.51. The van der Waals surface area contributed by atoms with Gasteiger partial charge in [-0.15, -0.1) is 0 Å². The number of anilines is 1. The number of rotatable bonds is 5. The van der Waals surface area contributed by atoms with Gasteiger partial charge in [0.2, 0.25) is 0 Å². The molecule has 0 radical (unpaired) electrons. The second kappa shape index (κ2) is 5.88. The molecular weight excluding hydrogens is 246 g/mol. The van der Waals surface area contributed by atoms with Crippen LogP contribution in [0, 0.1) is 10.1 Å². The number of para-hydroxylation sites is 1. The predicted octanol–water partition coefficient (Wildman–Crippen LogP) is 2.11. The van der Waals surface area contributed by atoms with Crippen molar-refractivity contribution in [3.05, 3.63) is 28.3 Å². The zero-order valence-corrected chi connectivity index (χ0v) is 11.3. The van der Waals surface area contributed by atoms with Gasteiger partial charge in [-0.05, 0) is 38.6 Å². The number of nitrogens with zero attached hydrogens (tertiary/aromatic N) is 2. The number of likely N-dealkylation sites (N-methyl/N-ethyl adjacent to an activating group) is 1. The largest absolute Gasteiger partial charge is 0.490 e. The average Bonchev–Trinajstić information content (AvgIpc) is 2.81. The number of ether oxygens (including phenoxy) is 1. The highest BCUT2D eigenvalue weighted by molar-refractivity contribution is 5.68. The van der Waals surface area contributed by atoms with Gasteiger partial charge in [-0.1, -0.05) is 6.07 Å². The predicted molar refractivity (Wildman–Crippen MR) is 73.8 cm³/mol. The van der Waals surface area contributed by atoms with Crippen LogP contribution in [0.4, 0.5) is 11.4 Å². The van der Waals surface area contributed by atoms with E-state index in [-0.39, 0.29) is 11.4 Å². The highest BCUT2D eigenvalue weighted by atomic mass is 16.6. The van der Waals surface area contributed by atoms with Crippen LogP contribution in [0.5, 0.6) is 5.75 Å². The Morgan fingerprint density at radius 2 is 2.37 bits per heavy atom. The molecule has 0 aromatic heterocycles. The van der Waals surface area contributed by atoms with Crippen LogP contribution in [0.25, 0.3) is 0 Å². The lowest BCUT2D eigenvalue weighted by atomic mass is 10.2. The molecule has 6 heteroatoms. The van der Waals surface area contributed by atoms with Crippen molar-refractivity contribution in [2.45, 2.75) is 18.9 Å². The summed E-state index contributed by atoms with van der Waals surface area (Å²) < 4.78 is 5.05. The molecule has 19 heavy (non-hydrogen) atoms. The van der Waals surface area contributed by atoms with E-state index in [2.05, 4.69) is 17.3 Å². The first-order valence-electron chi connectivity index (χ1n) is 6.39. The summed E-state index contributed by atoms with van der Waals surface area (Å²) in [6.45, 7) is 1.80. The van der Waals surface area contributed by atoms with E-state index >= 15 is 0 Å². The molecule has 1 saturated heterocycles. The molecule has 0 bridgehead atoms. The van der Waals surface area contributed by atoms with Gasteiger partial charge in [0.15, 0.2) is 5.75 Å². The third-order valence-corrected chi connectivity index (χ3v) is 3.60. The quantitative estimate of drug-likeness (QED) is 0.652. The number of hydrogen-bond donors (Lipinski definition) is 1. The molecule has 0 aliphatic carbocycles. The molecule has 0 saturated carbocycles. The zero-order valence-electron chi connectivity index (χ0n) is 11.3. The third-order valence-electron chi connectivity index (χ3n) is 3.60. The molecule has 1 N–H and O–H groups in total. The molecule has 1 unspecified atom stereocenters. The van der Waals surface area contributed by atoms with Crippen molar-refractivity contribution in [1.82, 2.24) is 4.90 Å². The molecule has 1 fully saturated rings. The number of methoxy groups -OCH3 is 1. The van der Waals surface area contributed by atoms with E-state index in [1.54, 1.807) is 18.2 Å². The number of nitro groups is 1. The number of nitrogens with one attached hydrogen (secondary N) is 1. The van der Waals surface area contributed by atoms with E-state index in [4.69, 9.17) is 4.74 Å². The van der Waals surface area contributed by atoms with Crippen molar-refractivity contribution in [3.8, 4) is 5.75 Å². The highest BCUT2D eigenvalue weighted by Crippen LogP contribution is 2.34. The van der Waals surface area contributed by atoms with E-state index in [0.717, 1.165) is 13.0 Å². The summed E-state index contributed by atoms with van der Waals surface area (Å²) in [5, 5.41) is 14.3. The lowest BCUT2D eigenvalue weighted by Gasteiger charge is -2.20. The van der Waals surface area contributed by atoms with Crippen LogP contribution in [0.1, 0.15) is 12.8 Å². The molecular formula is C13H19N3O3. The molecule has 1 atom stereocenters. The molecule has 1 aliphatic rings. The second-order valence-corrected chi connectivity index (χ2v) is 4.77. The molecule has 104 valence electrons. The zero-order chi connectivity index (χ0) is 13.8. The lowest BCUT2D eigenvalue weighted by Crippen LogP contribution is -2.31. The van der Waals surface area contributed by atoms with Gasteiger partial charge in [0.25, 0.3) is 0 Å². The Labute approximate surface area is 112 Å². The van der Waals surface area contributed by atoms with E-state index < -0.39 is 4.92 Å². The van der Waals surface area contributed by atoms with Crippen molar-refractivity contribution in [2.24, 2.45) is 0 Å². The Morgan fingerprint density at radius 1 is 1.58 bits per heavy atom. The first kappa shape index (κ1) is 13.6. The van der Waals surface area contributed by atoms with Crippen LogP contribution in [0.3, 0.4) is 0 Å². The Balaban J connectivity index is 2.13. The van der Waals surface area contributed by atoms with E-state index in [0.29, 0.717) is 18.3 Å². The number of likely N-dealkylation sites (tertiary alicyclic amines) is 1. The maximum atomic E-state index is 11.1. The minimum atomic E-state index is -0.403. The van der Waals surface area contributed by atoms with Gasteiger partial charge in [-0.3, -0.25) is 10.1 Å². The normalized spacial score (nSPS) is 19.4. The maximum Gasteiger partial charge on any atom is 0.333 e. The van der Waals surface area contributed by atoms with Gasteiger partial charge >= 0.3 is 5.69 Å². The van der Waals surface area contributed by atoms with Crippen LogP contribution in [-0.2, 0) is 0 Å². The number of hydrogen-bond acceptors (Lipinski definition) is 5. The average molecular weight is 265 g/mol. The van der Waals surface area contributed by atoms with Crippen molar-refractivity contribution < 1.29 is 9.66 Å². The molecule has 0 amide bonds. The summed E-state index contributed by atoms with van der Waals surface area (Å²) in [6.07, 6.45) is 2.31. The molecule has 6 nitrogen and oxygen atoms in total. The fraction of sp³-hybridized carbons (Fsp3) is 0.538. The number of nitro benzene ring substituents is 1. The van der Waals surface area contributed by atoms with E-state index in [1.807, 2.05) is 0 Å². The SMILES string of the molecule is COc1cccc(NCC2CCCN2C)c1[N+](=O)[O-]. The van der Waals surface area contributed by atoms with Gasteiger partial charge in [0, 0.05) is 12.6 Å².